The van der Waals surface area contributed by atoms with Gasteiger partial charge in [0.1, 0.15) is 0 Å². The van der Waals surface area contributed by atoms with E-state index in [0.29, 0.717) is 13.1 Å². The molecule has 0 unspecified atom stereocenters. The smallest absolute Gasteiger partial charge is 0.280 e. The summed E-state index contributed by atoms with van der Waals surface area (Å²) in [5.74, 6) is 0. The van der Waals surface area contributed by atoms with Crippen LogP contribution in [-0.2, 0) is 16.8 Å². The van der Waals surface area contributed by atoms with Crippen molar-refractivity contribution >= 4 is 10.2 Å². The van der Waals surface area contributed by atoms with Gasteiger partial charge in [0.2, 0.25) is 0 Å². The van der Waals surface area contributed by atoms with Gasteiger partial charge in [-0.05, 0) is 18.4 Å². The first-order chi connectivity index (χ1) is 9.47. The van der Waals surface area contributed by atoms with E-state index in [4.69, 9.17) is 5.73 Å². The molecule has 0 heterocycles. The molecule has 5 nitrogen and oxygen atoms in total. The molecule has 1 aliphatic carbocycles. The summed E-state index contributed by atoms with van der Waals surface area (Å²) in [5.41, 5.74) is 6.29. The molecule has 112 valence electrons. The summed E-state index contributed by atoms with van der Waals surface area (Å²) in [6.45, 7) is 0.711. The van der Waals surface area contributed by atoms with Crippen LogP contribution in [0.4, 0.5) is 0 Å². The van der Waals surface area contributed by atoms with Gasteiger partial charge in [0.15, 0.2) is 0 Å². The largest absolute Gasteiger partial charge is 0.329 e. The lowest BCUT2D eigenvalue weighted by atomic mass is 10.0. The summed E-state index contributed by atoms with van der Waals surface area (Å²) < 4.78 is 29.0. The number of nitrogens with one attached hydrogen (secondary N) is 1. The van der Waals surface area contributed by atoms with Crippen molar-refractivity contribution in [1.29, 1.82) is 0 Å². The van der Waals surface area contributed by atoms with E-state index in [-0.39, 0.29) is 0 Å². The summed E-state index contributed by atoms with van der Waals surface area (Å²) in [7, 11) is -1.92. The van der Waals surface area contributed by atoms with Crippen molar-refractivity contribution in [1.82, 2.24) is 9.03 Å². The Hall–Kier alpha value is -0.950. The maximum Gasteiger partial charge on any atom is 0.280 e. The molecule has 1 fully saturated rings. The van der Waals surface area contributed by atoms with Crippen LogP contribution in [0.1, 0.15) is 31.2 Å². The molecule has 0 spiro atoms. The average Bonchev–Trinajstić information content (AvgIpc) is 2.88. The SMILES string of the molecule is CN(Cc1ccccc1)S(=O)(=O)NC1(CN)CCCC1. The van der Waals surface area contributed by atoms with E-state index in [0.717, 1.165) is 31.2 Å². The Balaban J connectivity index is 2.06. The fourth-order valence-electron chi connectivity index (χ4n) is 2.68. The highest BCUT2D eigenvalue weighted by Gasteiger charge is 2.37. The average molecular weight is 297 g/mol. The lowest BCUT2D eigenvalue weighted by Crippen LogP contribution is -2.55. The quantitative estimate of drug-likeness (QED) is 0.829. The monoisotopic (exact) mass is 297 g/mol. The molecule has 3 N–H and O–H groups in total. The number of benzene rings is 1. The summed E-state index contributed by atoms with van der Waals surface area (Å²) in [5, 5.41) is 0. The Bertz CT molecular complexity index is 525. The number of nitrogens with zero attached hydrogens (tertiary/aromatic N) is 1. The Kier molecular flexibility index (Phi) is 4.80. The normalized spacial score (nSPS) is 18.6. The molecule has 0 atom stereocenters. The molecule has 0 radical (unpaired) electrons. The standard InChI is InChI=1S/C14H23N3O2S/c1-17(11-13-7-3-2-4-8-13)20(18,19)16-14(12-15)9-5-6-10-14/h2-4,7-8,16H,5-6,9-12,15H2,1H3. The van der Waals surface area contributed by atoms with E-state index in [1.807, 2.05) is 30.3 Å². The zero-order valence-corrected chi connectivity index (χ0v) is 12.7. The van der Waals surface area contributed by atoms with E-state index < -0.39 is 15.7 Å². The van der Waals surface area contributed by atoms with Crippen LogP contribution < -0.4 is 10.5 Å². The molecular weight excluding hydrogens is 274 g/mol. The Labute approximate surface area is 121 Å². The highest BCUT2D eigenvalue weighted by Crippen LogP contribution is 2.29. The minimum Gasteiger partial charge on any atom is -0.329 e. The van der Waals surface area contributed by atoms with Crippen LogP contribution in [0.2, 0.25) is 0 Å². The highest BCUT2D eigenvalue weighted by atomic mass is 32.2. The van der Waals surface area contributed by atoms with E-state index in [1.54, 1.807) is 7.05 Å². The highest BCUT2D eigenvalue weighted by molar-refractivity contribution is 7.87. The van der Waals surface area contributed by atoms with Gasteiger partial charge in [0, 0.05) is 25.7 Å². The number of hydrogen-bond acceptors (Lipinski definition) is 3. The predicted octanol–water partition coefficient (Wildman–Crippen LogP) is 1.22. The topological polar surface area (TPSA) is 75.4 Å². The van der Waals surface area contributed by atoms with E-state index in [2.05, 4.69) is 4.72 Å². The number of rotatable bonds is 6. The summed E-state index contributed by atoms with van der Waals surface area (Å²) >= 11 is 0. The molecular formula is C14H23N3O2S. The van der Waals surface area contributed by atoms with Gasteiger partial charge in [-0.3, -0.25) is 0 Å². The third kappa shape index (κ3) is 3.58. The molecule has 20 heavy (non-hydrogen) atoms. The van der Waals surface area contributed by atoms with Gasteiger partial charge in [-0.2, -0.15) is 17.4 Å². The second-order valence-electron chi connectivity index (χ2n) is 5.54. The van der Waals surface area contributed by atoms with Crippen molar-refractivity contribution in [2.45, 2.75) is 37.8 Å². The Morgan fingerprint density at radius 1 is 1.25 bits per heavy atom. The second kappa shape index (κ2) is 6.22. The minimum atomic E-state index is -3.51. The van der Waals surface area contributed by atoms with Crippen LogP contribution in [0.15, 0.2) is 30.3 Å². The molecule has 2 rings (SSSR count). The van der Waals surface area contributed by atoms with Crippen LogP contribution in [0.3, 0.4) is 0 Å². The molecule has 0 bridgehead atoms. The maximum absolute atomic E-state index is 12.4. The lowest BCUT2D eigenvalue weighted by molar-refractivity contribution is 0.372. The molecule has 1 aliphatic rings. The van der Waals surface area contributed by atoms with Crippen molar-refractivity contribution in [3.8, 4) is 0 Å². The van der Waals surface area contributed by atoms with Crippen molar-refractivity contribution in [3.05, 3.63) is 35.9 Å². The van der Waals surface area contributed by atoms with Crippen molar-refractivity contribution in [2.24, 2.45) is 5.73 Å². The Morgan fingerprint density at radius 3 is 2.40 bits per heavy atom. The lowest BCUT2D eigenvalue weighted by Gasteiger charge is -2.30. The van der Waals surface area contributed by atoms with Crippen LogP contribution in [0, 0.1) is 0 Å². The third-order valence-corrected chi connectivity index (χ3v) is 5.60. The van der Waals surface area contributed by atoms with E-state index >= 15 is 0 Å². The first-order valence-electron chi connectivity index (χ1n) is 6.97. The molecule has 1 saturated carbocycles. The van der Waals surface area contributed by atoms with Gasteiger partial charge in [0.05, 0.1) is 0 Å². The van der Waals surface area contributed by atoms with Gasteiger partial charge in [-0.25, -0.2) is 0 Å². The van der Waals surface area contributed by atoms with Gasteiger partial charge in [0.25, 0.3) is 10.2 Å². The molecule has 1 aromatic carbocycles. The molecule has 0 saturated heterocycles. The summed E-state index contributed by atoms with van der Waals surface area (Å²) in [6.07, 6.45) is 3.70. The molecule has 0 aliphatic heterocycles. The van der Waals surface area contributed by atoms with Crippen LogP contribution >= 0.6 is 0 Å². The van der Waals surface area contributed by atoms with Crippen LogP contribution in [0.25, 0.3) is 0 Å². The van der Waals surface area contributed by atoms with Crippen LogP contribution in [0.5, 0.6) is 0 Å². The van der Waals surface area contributed by atoms with Gasteiger partial charge < -0.3 is 5.73 Å². The van der Waals surface area contributed by atoms with Gasteiger partial charge in [-0.1, -0.05) is 43.2 Å². The summed E-state index contributed by atoms with van der Waals surface area (Å²) in [4.78, 5) is 0. The first kappa shape index (κ1) is 15.4. The minimum absolute atomic E-state index is 0.353. The van der Waals surface area contributed by atoms with Crippen molar-refractivity contribution < 1.29 is 8.42 Å². The number of hydrogen-bond donors (Lipinski definition) is 2. The van der Waals surface area contributed by atoms with Crippen molar-refractivity contribution in [3.63, 3.8) is 0 Å². The van der Waals surface area contributed by atoms with Gasteiger partial charge >= 0.3 is 0 Å². The molecule has 1 aromatic rings. The third-order valence-electron chi connectivity index (χ3n) is 3.96. The van der Waals surface area contributed by atoms with E-state index in [1.165, 1.54) is 4.31 Å². The Morgan fingerprint density at radius 2 is 1.85 bits per heavy atom. The van der Waals surface area contributed by atoms with Crippen LogP contribution in [-0.4, -0.2) is 31.9 Å². The fourth-order valence-corrected chi connectivity index (χ4v) is 3.99. The predicted molar refractivity (Wildman–Crippen MR) is 80.2 cm³/mol. The number of nitrogens with two attached hydrogens (primary N) is 1. The van der Waals surface area contributed by atoms with Crippen molar-refractivity contribution in [2.75, 3.05) is 13.6 Å². The fraction of sp³-hybridized carbons (Fsp3) is 0.571. The molecule has 0 aromatic heterocycles. The first-order valence-corrected chi connectivity index (χ1v) is 8.41. The van der Waals surface area contributed by atoms with E-state index in [9.17, 15) is 8.42 Å². The van der Waals surface area contributed by atoms with Gasteiger partial charge in [-0.15, -0.1) is 0 Å². The zero-order valence-electron chi connectivity index (χ0n) is 11.9. The second-order valence-corrected chi connectivity index (χ2v) is 7.32. The summed E-state index contributed by atoms with van der Waals surface area (Å²) in [6, 6.07) is 9.56. The molecule has 0 amide bonds. The zero-order chi connectivity index (χ0) is 14.6. The molecule has 6 heteroatoms. The maximum atomic E-state index is 12.4.